The van der Waals surface area contributed by atoms with Gasteiger partial charge in [-0.25, -0.2) is 8.42 Å². The Bertz CT molecular complexity index is 820. The highest BCUT2D eigenvalue weighted by atomic mass is 32.2. The Morgan fingerprint density at radius 3 is 2.28 bits per heavy atom. The fourth-order valence-electron chi connectivity index (χ4n) is 3.24. The first kappa shape index (κ1) is 21.8. The van der Waals surface area contributed by atoms with Crippen molar-refractivity contribution in [3.8, 4) is 5.75 Å². The number of alkyl halides is 3. The summed E-state index contributed by atoms with van der Waals surface area (Å²) in [4.78, 5) is 15.3. The first-order chi connectivity index (χ1) is 13.7. The topological polar surface area (TPSA) is 79.4 Å². The molecule has 0 spiro atoms. The summed E-state index contributed by atoms with van der Waals surface area (Å²) in [6, 6.07) is 4.67. The van der Waals surface area contributed by atoms with Gasteiger partial charge in [0.15, 0.2) is 0 Å². The van der Waals surface area contributed by atoms with Gasteiger partial charge < -0.3 is 14.4 Å². The van der Waals surface area contributed by atoms with E-state index in [0.29, 0.717) is 39.4 Å². The van der Waals surface area contributed by atoms with Gasteiger partial charge in [0.05, 0.1) is 19.8 Å². The summed E-state index contributed by atoms with van der Waals surface area (Å²) in [5.41, 5.74) is 0. The molecule has 0 aliphatic carbocycles. The van der Waals surface area contributed by atoms with E-state index < -0.39 is 27.0 Å². The molecular formula is C17H22F3N3O5S. The molecule has 3 rings (SSSR count). The summed E-state index contributed by atoms with van der Waals surface area (Å²) in [5.74, 6) is -0.807. The Kier molecular flexibility index (Phi) is 6.66. The number of halogens is 3. The van der Waals surface area contributed by atoms with Crippen molar-refractivity contribution < 1.29 is 35.9 Å². The van der Waals surface area contributed by atoms with Crippen LogP contribution in [0.4, 0.5) is 13.2 Å². The first-order valence-electron chi connectivity index (χ1n) is 9.09. The lowest BCUT2D eigenvalue weighted by Gasteiger charge is -2.35. The maximum absolute atomic E-state index is 12.8. The fraction of sp³-hybridized carbons (Fsp3) is 0.588. The van der Waals surface area contributed by atoms with Crippen molar-refractivity contribution in [2.75, 3.05) is 59.0 Å². The van der Waals surface area contributed by atoms with Gasteiger partial charge in [-0.2, -0.15) is 4.31 Å². The molecule has 29 heavy (non-hydrogen) atoms. The molecule has 0 radical (unpaired) electrons. The van der Waals surface area contributed by atoms with Crippen molar-refractivity contribution in [2.45, 2.75) is 11.3 Å². The lowest BCUT2D eigenvalue weighted by Crippen LogP contribution is -2.52. The first-order valence-corrected chi connectivity index (χ1v) is 10.5. The van der Waals surface area contributed by atoms with E-state index in [-0.39, 0.29) is 25.5 Å². The zero-order valence-corrected chi connectivity index (χ0v) is 16.4. The summed E-state index contributed by atoms with van der Waals surface area (Å²) in [5, 5.41) is 0. The van der Waals surface area contributed by atoms with E-state index in [1.807, 2.05) is 4.90 Å². The molecule has 0 saturated carbocycles. The molecular weight excluding hydrogens is 415 g/mol. The number of ether oxygens (including phenoxy) is 2. The standard InChI is InChI=1S/C17H22F3N3O5S/c18-17(19,20)28-14-3-1-2-4-15(14)29(25,26)23-7-5-21(6-8-23)13-16(24)22-9-11-27-12-10-22/h1-4H,5-13H2. The molecule has 0 bridgehead atoms. The SMILES string of the molecule is O=C(CN1CCN(S(=O)(=O)c2ccccc2OC(F)(F)F)CC1)N1CCOCC1. The smallest absolute Gasteiger partial charge is 0.404 e. The number of para-hydroxylation sites is 1. The van der Waals surface area contributed by atoms with Gasteiger partial charge in [0.25, 0.3) is 0 Å². The third-order valence-corrected chi connectivity index (χ3v) is 6.68. The number of morpholine rings is 1. The van der Waals surface area contributed by atoms with Crippen LogP contribution in [-0.4, -0.2) is 93.8 Å². The summed E-state index contributed by atoms with van der Waals surface area (Å²) >= 11 is 0. The highest BCUT2D eigenvalue weighted by Crippen LogP contribution is 2.31. The highest BCUT2D eigenvalue weighted by Gasteiger charge is 2.36. The number of carbonyl (C=O) groups excluding carboxylic acids is 1. The van der Waals surface area contributed by atoms with Gasteiger partial charge >= 0.3 is 6.36 Å². The Morgan fingerprint density at radius 1 is 1.03 bits per heavy atom. The quantitative estimate of drug-likeness (QED) is 0.677. The summed E-state index contributed by atoms with van der Waals surface area (Å²) in [7, 11) is -4.17. The van der Waals surface area contributed by atoms with Crippen molar-refractivity contribution in [2.24, 2.45) is 0 Å². The number of hydrogen-bond acceptors (Lipinski definition) is 6. The predicted molar refractivity (Wildman–Crippen MR) is 95.7 cm³/mol. The van der Waals surface area contributed by atoms with E-state index in [9.17, 15) is 26.4 Å². The van der Waals surface area contributed by atoms with Crippen LogP contribution < -0.4 is 4.74 Å². The molecule has 0 atom stereocenters. The number of rotatable bonds is 5. The van der Waals surface area contributed by atoms with Crippen LogP contribution in [0.2, 0.25) is 0 Å². The van der Waals surface area contributed by atoms with Crippen molar-refractivity contribution in [1.29, 1.82) is 0 Å². The van der Waals surface area contributed by atoms with Crippen LogP contribution in [0, 0.1) is 0 Å². The highest BCUT2D eigenvalue weighted by molar-refractivity contribution is 7.89. The minimum Gasteiger partial charge on any atom is -0.404 e. The predicted octanol–water partition coefficient (Wildman–Crippen LogP) is 0.750. The Balaban J connectivity index is 1.62. The van der Waals surface area contributed by atoms with Gasteiger partial charge in [-0.15, -0.1) is 13.2 Å². The average molecular weight is 437 g/mol. The van der Waals surface area contributed by atoms with E-state index in [2.05, 4.69) is 4.74 Å². The number of amides is 1. The zero-order chi connectivity index (χ0) is 21.1. The van der Waals surface area contributed by atoms with Crippen LogP contribution in [0.15, 0.2) is 29.2 Å². The normalized spacial score (nSPS) is 19.9. The molecule has 2 aliphatic rings. The van der Waals surface area contributed by atoms with Gasteiger partial charge in [0.1, 0.15) is 10.6 Å². The molecule has 162 valence electrons. The molecule has 8 nitrogen and oxygen atoms in total. The van der Waals surface area contributed by atoms with Crippen LogP contribution in [0.5, 0.6) is 5.75 Å². The van der Waals surface area contributed by atoms with Gasteiger partial charge in [-0.3, -0.25) is 9.69 Å². The van der Waals surface area contributed by atoms with E-state index in [4.69, 9.17) is 4.74 Å². The molecule has 1 amide bonds. The van der Waals surface area contributed by atoms with Crippen LogP contribution >= 0.6 is 0 Å². The molecule has 2 heterocycles. The lowest BCUT2D eigenvalue weighted by molar-refractivity contribution is -0.275. The van der Waals surface area contributed by atoms with Gasteiger partial charge in [-0.1, -0.05) is 12.1 Å². The summed E-state index contributed by atoms with van der Waals surface area (Å²) in [6.07, 6.45) is -5.00. The maximum Gasteiger partial charge on any atom is 0.573 e. The lowest BCUT2D eigenvalue weighted by atomic mass is 10.3. The molecule has 1 aromatic rings. The van der Waals surface area contributed by atoms with Crippen LogP contribution in [-0.2, 0) is 19.6 Å². The number of nitrogens with zero attached hydrogens (tertiary/aromatic N) is 3. The van der Waals surface area contributed by atoms with Gasteiger partial charge in [-0.05, 0) is 12.1 Å². The van der Waals surface area contributed by atoms with Gasteiger partial charge in [0, 0.05) is 39.3 Å². The second-order valence-electron chi connectivity index (χ2n) is 6.67. The maximum atomic E-state index is 12.8. The second-order valence-corrected chi connectivity index (χ2v) is 8.57. The Labute approximate surface area is 166 Å². The fourth-order valence-corrected chi connectivity index (χ4v) is 4.78. The molecule has 2 fully saturated rings. The number of carbonyl (C=O) groups is 1. The van der Waals surface area contributed by atoms with Crippen molar-refractivity contribution in [3.63, 3.8) is 0 Å². The van der Waals surface area contributed by atoms with E-state index in [1.165, 1.54) is 12.1 Å². The third kappa shape index (κ3) is 5.59. The van der Waals surface area contributed by atoms with Crippen molar-refractivity contribution in [3.05, 3.63) is 24.3 Å². The molecule has 2 saturated heterocycles. The van der Waals surface area contributed by atoms with Gasteiger partial charge in [0.2, 0.25) is 15.9 Å². The number of sulfonamides is 1. The molecule has 0 aromatic heterocycles. The molecule has 1 aromatic carbocycles. The average Bonchev–Trinajstić information content (AvgIpc) is 2.68. The molecule has 12 heteroatoms. The Hall–Kier alpha value is -1.89. The largest absolute Gasteiger partial charge is 0.573 e. The molecule has 2 aliphatic heterocycles. The number of piperazine rings is 1. The van der Waals surface area contributed by atoms with Crippen molar-refractivity contribution >= 4 is 15.9 Å². The second kappa shape index (κ2) is 8.86. The van der Waals surface area contributed by atoms with Crippen LogP contribution in [0.3, 0.4) is 0 Å². The van der Waals surface area contributed by atoms with Crippen LogP contribution in [0.25, 0.3) is 0 Å². The van der Waals surface area contributed by atoms with E-state index in [0.717, 1.165) is 16.4 Å². The van der Waals surface area contributed by atoms with E-state index in [1.54, 1.807) is 4.90 Å². The summed E-state index contributed by atoms with van der Waals surface area (Å²) in [6.45, 7) is 2.97. The van der Waals surface area contributed by atoms with Crippen molar-refractivity contribution in [1.82, 2.24) is 14.1 Å². The zero-order valence-electron chi connectivity index (χ0n) is 15.6. The van der Waals surface area contributed by atoms with E-state index >= 15 is 0 Å². The minimum absolute atomic E-state index is 0.0477. The molecule has 0 N–H and O–H groups in total. The minimum atomic E-state index is -5.00. The third-order valence-electron chi connectivity index (χ3n) is 4.75. The number of benzene rings is 1. The molecule has 0 unspecified atom stereocenters. The van der Waals surface area contributed by atoms with Crippen LogP contribution in [0.1, 0.15) is 0 Å². The summed E-state index contributed by atoms with van der Waals surface area (Å²) < 4.78 is 73.7. The monoisotopic (exact) mass is 437 g/mol. The number of hydrogen-bond donors (Lipinski definition) is 0. The Morgan fingerprint density at radius 2 is 1.66 bits per heavy atom.